The van der Waals surface area contributed by atoms with Crippen molar-refractivity contribution in [1.82, 2.24) is 0 Å². The first-order chi connectivity index (χ1) is 12.4. The van der Waals surface area contributed by atoms with Crippen LogP contribution >= 0.6 is 11.6 Å². The normalized spacial score (nSPS) is 21.0. The van der Waals surface area contributed by atoms with E-state index in [2.05, 4.69) is 5.32 Å². The van der Waals surface area contributed by atoms with Crippen molar-refractivity contribution >= 4 is 29.2 Å². The molecule has 1 heterocycles. The summed E-state index contributed by atoms with van der Waals surface area (Å²) in [5.41, 5.74) is 1.47. The standard InChI is InChI=1S/C19H27ClN2O4/c1-5-26-19(24)14-7-6-8-22(11-14)13(3)18(23)21-16-9-12(2)15(20)10-17(16)25-4/h9-10,13-14H,5-8,11H2,1-4H3,(H,21,23)/p+1/t13-,14-/m0/s1. The van der Waals surface area contributed by atoms with Crippen LogP contribution in [0.4, 0.5) is 5.69 Å². The van der Waals surface area contributed by atoms with Crippen molar-refractivity contribution < 1.29 is 24.0 Å². The molecule has 6 nitrogen and oxygen atoms in total. The largest absolute Gasteiger partial charge is 0.495 e. The summed E-state index contributed by atoms with van der Waals surface area (Å²) >= 11 is 6.12. The lowest BCUT2D eigenvalue weighted by atomic mass is 9.97. The van der Waals surface area contributed by atoms with E-state index in [0.29, 0.717) is 29.6 Å². The predicted molar refractivity (Wildman–Crippen MR) is 101 cm³/mol. The van der Waals surface area contributed by atoms with Crippen LogP contribution in [-0.2, 0) is 14.3 Å². The number of carbonyl (C=O) groups is 2. The first-order valence-corrected chi connectivity index (χ1v) is 9.41. The Bertz CT molecular complexity index is 665. The van der Waals surface area contributed by atoms with E-state index in [1.807, 2.05) is 20.8 Å². The fourth-order valence-corrected chi connectivity index (χ4v) is 3.46. The molecule has 0 radical (unpaired) electrons. The quantitative estimate of drug-likeness (QED) is 0.735. The maximum Gasteiger partial charge on any atom is 0.314 e. The smallest absolute Gasteiger partial charge is 0.314 e. The summed E-state index contributed by atoms with van der Waals surface area (Å²) in [7, 11) is 1.54. The van der Waals surface area contributed by atoms with Crippen LogP contribution in [0.1, 0.15) is 32.3 Å². The van der Waals surface area contributed by atoms with Crippen LogP contribution in [-0.4, -0.2) is 44.7 Å². The van der Waals surface area contributed by atoms with Crippen LogP contribution in [0.5, 0.6) is 5.75 Å². The lowest BCUT2D eigenvalue weighted by Gasteiger charge is -2.32. The molecule has 144 valence electrons. The van der Waals surface area contributed by atoms with E-state index in [-0.39, 0.29) is 23.8 Å². The number of benzene rings is 1. The average molecular weight is 384 g/mol. The second-order valence-electron chi connectivity index (χ2n) is 6.72. The zero-order valence-corrected chi connectivity index (χ0v) is 16.6. The Morgan fingerprint density at radius 2 is 2.15 bits per heavy atom. The molecule has 1 aliphatic rings. The summed E-state index contributed by atoms with van der Waals surface area (Å²) < 4.78 is 10.5. The Morgan fingerprint density at radius 3 is 2.81 bits per heavy atom. The predicted octanol–water partition coefficient (Wildman–Crippen LogP) is 1.84. The van der Waals surface area contributed by atoms with Crippen molar-refractivity contribution in [2.45, 2.75) is 39.7 Å². The van der Waals surface area contributed by atoms with Crippen LogP contribution in [0, 0.1) is 12.8 Å². The van der Waals surface area contributed by atoms with Crippen LogP contribution in [0.25, 0.3) is 0 Å². The molecular formula is C19H28ClN2O4+. The van der Waals surface area contributed by atoms with Gasteiger partial charge in [-0.15, -0.1) is 0 Å². The van der Waals surface area contributed by atoms with Gasteiger partial charge in [-0.2, -0.15) is 0 Å². The summed E-state index contributed by atoms with van der Waals surface area (Å²) in [6.07, 6.45) is 1.72. The first-order valence-electron chi connectivity index (χ1n) is 9.03. The second-order valence-corrected chi connectivity index (χ2v) is 7.12. The number of carbonyl (C=O) groups excluding carboxylic acids is 2. The minimum atomic E-state index is -0.284. The van der Waals surface area contributed by atoms with Gasteiger partial charge >= 0.3 is 5.97 Å². The van der Waals surface area contributed by atoms with Gasteiger partial charge in [-0.3, -0.25) is 9.59 Å². The molecule has 1 fully saturated rings. The zero-order valence-electron chi connectivity index (χ0n) is 15.9. The molecule has 2 N–H and O–H groups in total. The van der Waals surface area contributed by atoms with Crippen molar-refractivity contribution in [3.05, 3.63) is 22.7 Å². The third kappa shape index (κ3) is 4.89. The molecule has 1 unspecified atom stereocenters. The van der Waals surface area contributed by atoms with E-state index in [1.165, 1.54) is 0 Å². The minimum Gasteiger partial charge on any atom is -0.495 e. The first kappa shape index (κ1) is 20.5. The molecule has 1 saturated heterocycles. The fraction of sp³-hybridized carbons (Fsp3) is 0.579. The monoisotopic (exact) mass is 383 g/mol. The van der Waals surface area contributed by atoms with Gasteiger partial charge in [0.25, 0.3) is 5.91 Å². The van der Waals surface area contributed by atoms with Crippen LogP contribution in [0.3, 0.4) is 0 Å². The number of aryl methyl sites for hydroxylation is 1. The van der Waals surface area contributed by atoms with Gasteiger partial charge < -0.3 is 19.7 Å². The molecular weight excluding hydrogens is 356 g/mol. The zero-order chi connectivity index (χ0) is 19.3. The third-order valence-corrected chi connectivity index (χ3v) is 5.33. The highest BCUT2D eigenvalue weighted by Crippen LogP contribution is 2.30. The maximum atomic E-state index is 12.7. The highest BCUT2D eigenvalue weighted by atomic mass is 35.5. The van der Waals surface area contributed by atoms with Gasteiger partial charge in [0.1, 0.15) is 11.7 Å². The van der Waals surface area contributed by atoms with E-state index in [9.17, 15) is 9.59 Å². The molecule has 3 atom stereocenters. The number of anilines is 1. The van der Waals surface area contributed by atoms with Gasteiger partial charge in [0.2, 0.25) is 0 Å². The molecule has 0 bridgehead atoms. The van der Waals surface area contributed by atoms with Gasteiger partial charge in [-0.1, -0.05) is 11.6 Å². The van der Waals surface area contributed by atoms with E-state index in [4.69, 9.17) is 21.1 Å². The summed E-state index contributed by atoms with van der Waals surface area (Å²) in [6.45, 7) is 7.43. The van der Waals surface area contributed by atoms with Gasteiger partial charge in [0, 0.05) is 11.1 Å². The number of amides is 1. The fourth-order valence-electron chi connectivity index (χ4n) is 3.31. The molecule has 2 rings (SSSR count). The number of esters is 1. The van der Waals surface area contributed by atoms with E-state index in [1.54, 1.807) is 19.2 Å². The topological polar surface area (TPSA) is 69.1 Å². The van der Waals surface area contributed by atoms with Gasteiger partial charge in [-0.05, 0) is 45.2 Å². The average Bonchev–Trinajstić information content (AvgIpc) is 2.64. The van der Waals surface area contributed by atoms with Crippen LogP contribution < -0.4 is 15.0 Å². The van der Waals surface area contributed by atoms with E-state index >= 15 is 0 Å². The third-order valence-electron chi connectivity index (χ3n) is 4.92. The molecule has 1 aromatic rings. The van der Waals surface area contributed by atoms with Crippen molar-refractivity contribution in [2.24, 2.45) is 5.92 Å². The van der Waals surface area contributed by atoms with Gasteiger partial charge in [0.15, 0.2) is 6.04 Å². The molecule has 0 spiro atoms. The Labute approximate surface area is 159 Å². The Kier molecular flexibility index (Phi) is 7.29. The molecule has 1 aliphatic heterocycles. The number of halogens is 1. The number of rotatable bonds is 6. The van der Waals surface area contributed by atoms with Gasteiger partial charge in [-0.25, -0.2) is 0 Å². The number of nitrogens with one attached hydrogen (secondary N) is 2. The van der Waals surface area contributed by atoms with E-state index in [0.717, 1.165) is 29.8 Å². The second kappa shape index (κ2) is 9.24. The van der Waals surface area contributed by atoms with Crippen molar-refractivity contribution in [3.63, 3.8) is 0 Å². The summed E-state index contributed by atoms with van der Waals surface area (Å²) in [5.74, 6) is 0.122. The SMILES string of the molecule is CCOC(=O)[C@H]1CCC[NH+]([C@@H](C)C(=O)Nc2cc(C)c(Cl)cc2OC)C1. The van der Waals surface area contributed by atoms with Crippen molar-refractivity contribution in [1.29, 1.82) is 0 Å². The summed E-state index contributed by atoms with van der Waals surface area (Å²) in [4.78, 5) is 25.9. The van der Waals surface area contributed by atoms with Gasteiger partial charge in [0.05, 0.1) is 32.5 Å². The minimum absolute atomic E-state index is 0.107. The Balaban J connectivity index is 2.05. The number of quaternary nitrogens is 1. The number of likely N-dealkylation sites (tertiary alicyclic amines) is 1. The highest BCUT2D eigenvalue weighted by Gasteiger charge is 2.35. The van der Waals surface area contributed by atoms with Crippen molar-refractivity contribution in [3.8, 4) is 5.75 Å². The number of hydrogen-bond donors (Lipinski definition) is 2. The molecule has 1 aromatic carbocycles. The van der Waals surface area contributed by atoms with E-state index < -0.39 is 0 Å². The number of methoxy groups -OCH3 is 1. The molecule has 0 aromatic heterocycles. The molecule has 0 saturated carbocycles. The van der Waals surface area contributed by atoms with Crippen molar-refractivity contribution in [2.75, 3.05) is 32.1 Å². The molecule has 0 aliphatic carbocycles. The lowest BCUT2D eigenvalue weighted by molar-refractivity contribution is -0.921. The van der Waals surface area contributed by atoms with Crippen LogP contribution in [0.2, 0.25) is 5.02 Å². The molecule has 1 amide bonds. The maximum absolute atomic E-state index is 12.7. The highest BCUT2D eigenvalue weighted by molar-refractivity contribution is 6.31. The summed E-state index contributed by atoms with van der Waals surface area (Å²) in [6, 6.07) is 3.22. The number of piperidine rings is 1. The number of hydrogen-bond acceptors (Lipinski definition) is 4. The molecule has 7 heteroatoms. The summed E-state index contributed by atoms with van der Waals surface area (Å²) in [5, 5.41) is 3.53. The Hall–Kier alpha value is -1.79. The number of ether oxygens (including phenoxy) is 2. The van der Waals surface area contributed by atoms with Crippen LogP contribution in [0.15, 0.2) is 12.1 Å². The Morgan fingerprint density at radius 1 is 1.42 bits per heavy atom. The molecule has 26 heavy (non-hydrogen) atoms. The lowest BCUT2D eigenvalue weighted by Crippen LogP contribution is -3.18.